The van der Waals surface area contributed by atoms with Gasteiger partial charge in [0, 0.05) is 35.4 Å². The summed E-state index contributed by atoms with van der Waals surface area (Å²) in [6, 6.07) is 12.3. The number of hydrogen-bond donors (Lipinski definition) is 1. The molecule has 4 heteroatoms. The maximum absolute atomic E-state index is 12.5. The Labute approximate surface area is 160 Å². The summed E-state index contributed by atoms with van der Waals surface area (Å²) in [6.07, 6.45) is 5.85. The lowest BCUT2D eigenvalue weighted by Crippen LogP contribution is -2.29. The molecule has 0 bridgehead atoms. The SMILES string of the molecule is Cc1cc2occ(CC(=O)Nc3ccc(N4CCCCC4)cc3)c2cc1C. The van der Waals surface area contributed by atoms with Gasteiger partial charge in [0.05, 0.1) is 12.7 Å². The Balaban J connectivity index is 1.43. The highest BCUT2D eigenvalue weighted by Gasteiger charge is 2.13. The number of benzene rings is 2. The van der Waals surface area contributed by atoms with E-state index in [1.165, 1.54) is 36.1 Å². The van der Waals surface area contributed by atoms with Crippen molar-refractivity contribution in [1.82, 2.24) is 0 Å². The molecule has 0 atom stereocenters. The van der Waals surface area contributed by atoms with E-state index in [2.05, 4.69) is 42.3 Å². The van der Waals surface area contributed by atoms with Gasteiger partial charge >= 0.3 is 0 Å². The zero-order valence-corrected chi connectivity index (χ0v) is 16.0. The molecule has 2 aromatic carbocycles. The van der Waals surface area contributed by atoms with Crippen LogP contribution in [0.15, 0.2) is 47.1 Å². The average molecular weight is 362 g/mol. The first kappa shape index (κ1) is 17.7. The predicted octanol–water partition coefficient (Wildman–Crippen LogP) is 5.22. The smallest absolute Gasteiger partial charge is 0.228 e. The van der Waals surface area contributed by atoms with Crippen molar-refractivity contribution in [2.45, 2.75) is 39.5 Å². The van der Waals surface area contributed by atoms with Gasteiger partial charge in [-0.2, -0.15) is 0 Å². The third kappa shape index (κ3) is 3.85. The topological polar surface area (TPSA) is 45.5 Å². The number of piperidine rings is 1. The lowest BCUT2D eigenvalue weighted by Gasteiger charge is -2.28. The zero-order chi connectivity index (χ0) is 18.8. The Hall–Kier alpha value is -2.75. The molecule has 2 heterocycles. The number of anilines is 2. The second kappa shape index (κ2) is 7.47. The van der Waals surface area contributed by atoms with Crippen LogP contribution in [0, 0.1) is 13.8 Å². The molecular weight excluding hydrogens is 336 g/mol. The highest BCUT2D eigenvalue weighted by atomic mass is 16.3. The number of rotatable bonds is 4. The third-order valence-electron chi connectivity index (χ3n) is 5.49. The molecule has 27 heavy (non-hydrogen) atoms. The second-order valence-corrected chi connectivity index (χ2v) is 7.51. The molecule has 0 radical (unpaired) electrons. The quantitative estimate of drug-likeness (QED) is 0.692. The van der Waals surface area contributed by atoms with Gasteiger partial charge < -0.3 is 14.6 Å². The van der Waals surface area contributed by atoms with Gasteiger partial charge in [-0.1, -0.05) is 0 Å². The lowest BCUT2D eigenvalue weighted by molar-refractivity contribution is -0.115. The summed E-state index contributed by atoms with van der Waals surface area (Å²) in [4.78, 5) is 14.9. The first-order valence-corrected chi connectivity index (χ1v) is 9.72. The van der Waals surface area contributed by atoms with Crippen LogP contribution >= 0.6 is 0 Å². The van der Waals surface area contributed by atoms with Gasteiger partial charge in [-0.05, 0) is 80.6 Å². The van der Waals surface area contributed by atoms with E-state index in [4.69, 9.17) is 4.42 Å². The summed E-state index contributed by atoms with van der Waals surface area (Å²) in [5.41, 5.74) is 6.24. The summed E-state index contributed by atoms with van der Waals surface area (Å²) in [5, 5.41) is 4.02. The van der Waals surface area contributed by atoms with E-state index >= 15 is 0 Å². The predicted molar refractivity (Wildman–Crippen MR) is 111 cm³/mol. The number of aryl methyl sites for hydroxylation is 2. The molecule has 0 unspecified atom stereocenters. The highest BCUT2D eigenvalue weighted by Crippen LogP contribution is 2.26. The number of amides is 1. The van der Waals surface area contributed by atoms with Crippen molar-refractivity contribution in [1.29, 1.82) is 0 Å². The van der Waals surface area contributed by atoms with Gasteiger partial charge in [0.2, 0.25) is 5.91 Å². The van der Waals surface area contributed by atoms with Gasteiger partial charge in [-0.15, -0.1) is 0 Å². The Kier molecular flexibility index (Phi) is 4.88. The summed E-state index contributed by atoms with van der Waals surface area (Å²) in [7, 11) is 0. The summed E-state index contributed by atoms with van der Waals surface area (Å²) in [6.45, 7) is 6.39. The van der Waals surface area contributed by atoms with Crippen molar-refractivity contribution in [2.24, 2.45) is 0 Å². The Morgan fingerprint density at radius 3 is 2.48 bits per heavy atom. The molecule has 4 nitrogen and oxygen atoms in total. The van der Waals surface area contributed by atoms with E-state index in [1.54, 1.807) is 6.26 Å². The zero-order valence-electron chi connectivity index (χ0n) is 16.0. The molecule has 1 aliphatic heterocycles. The minimum atomic E-state index is -0.0262. The van der Waals surface area contributed by atoms with Crippen LogP contribution in [0.3, 0.4) is 0 Å². The van der Waals surface area contributed by atoms with E-state index in [9.17, 15) is 4.79 Å². The van der Waals surface area contributed by atoms with Crippen LogP contribution in [0.2, 0.25) is 0 Å². The average Bonchev–Trinajstić information content (AvgIpc) is 3.05. The Bertz CT molecular complexity index is 950. The van der Waals surface area contributed by atoms with Crippen LogP contribution in [-0.2, 0) is 11.2 Å². The fourth-order valence-electron chi connectivity index (χ4n) is 3.76. The van der Waals surface area contributed by atoms with E-state index in [1.807, 2.05) is 18.2 Å². The molecule has 0 aliphatic carbocycles. The van der Waals surface area contributed by atoms with Crippen LogP contribution < -0.4 is 10.2 Å². The van der Waals surface area contributed by atoms with Gasteiger partial charge in [-0.25, -0.2) is 0 Å². The number of hydrogen-bond acceptors (Lipinski definition) is 3. The first-order chi connectivity index (χ1) is 13.1. The van der Waals surface area contributed by atoms with Gasteiger partial charge in [0.15, 0.2) is 0 Å². The van der Waals surface area contributed by atoms with Crippen LogP contribution in [0.25, 0.3) is 11.0 Å². The van der Waals surface area contributed by atoms with Crippen molar-refractivity contribution in [2.75, 3.05) is 23.3 Å². The molecule has 1 fully saturated rings. The number of furan rings is 1. The van der Waals surface area contributed by atoms with E-state index in [-0.39, 0.29) is 5.91 Å². The van der Waals surface area contributed by atoms with E-state index < -0.39 is 0 Å². The molecule has 0 saturated carbocycles. The molecule has 1 amide bonds. The summed E-state index contributed by atoms with van der Waals surface area (Å²) >= 11 is 0. The minimum Gasteiger partial charge on any atom is -0.464 e. The Morgan fingerprint density at radius 2 is 1.74 bits per heavy atom. The van der Waals surface area contributed by atoms with Crippen molar-refractivity contribution >= 4 is 28.3 Å². The number of carbonyl (C=O) groups excluding carboxylic acids is 1. The molecule has 1 aliphatic rings. The molecule has 0 spiro atoms. The number of nitrogens with one attached hydrogen (secondary N) is 1. The van der Waals surface area contributed by atoms with E-state index in [0.717, 1.165) is 35.3 Å². The molecule has 140 valence electrons. The van der Waals surface area contributed by atoms with Crippen LogP contribution in [-0.4, -0.2) is 19.0 Å². The lowest BCUT2D eigenvalue weighted by atomic mass is 10.0. The van der Waals surface area contributed by atoms with E-state index in [0.29, 0.717) is 6.42 Å². The van der Waals surface area contributed by atoms with Crippen molar-refractivity contribution < 1.29 is 9.21 Å². The van der Waals surface area contributed by atoms with Crippen molar-refractivity contribution in [3.63, 3.8) is 0 Å². The normalized spacial score (nSPS) is 14.5. The second-order valence-electron chi connectivity index (χ2n) is 7.51. The number of carbonyl (C=O) groups is 1. The first-order valence-electron chi connectivity index (χ1n) is 9.72. The fraction of sp³-hybridized carbons (Fsp3) is 0.348. The van der Waals surface area contributed by atoms with Gasteiger partial charge in [0.25, 0.3) is 0 Å². The van der Waals surface area contributed by atoms with Gasteiger partial charge in [-0.3, -0.25) is 4.79 Å². The molecule has 3 aromatic rings. The number of fused-ring (bicyclic) bond motifs is 1. The third-order valence-corrected chi connectivity index (χ3v) is 5.49. The largest absolute Gasteiger partial charge is 0.464 e. The molecule has 1 saturated heterocycles. The monoisotopic (exact) mass is 362 g/mol. The Morgan fingerprint density at radius 1 is 1.04 bits per heavy atom. The molecular formula is C23H26N2O2. The maximum atomic E-state index is 12.5. The minimum absolute atomic E-state index is 0.0262. The summed E-state index contributed by atoms with van der Waals surface area (Å²) in [5.74, 6) is -0.0262. The fourth-order valence-corrected chi connectivity index (χ4v) is 3.76. The van der Waals surface area contributed by atoms with Crippen molar-refractivity contribution in [3.05, 3.63) is 59.4 Å². The number of nitrogens with zero attached hydrogens (tertiary/aromatic N) is 1. The van der Waals surface area contributed by atoms with Crippen LogP contribution in [0.1, 0.15) is 36.0 Å². The van der Waals surface area contributed by atoms with Crippen molar-refractivity contribution in [3.8, 4) is 0 Å². The van der Waals surface area contributed by atoms with Crippen LogP contribution in [0.4, 0.5) is 11.4 Å². The maximum Gasteiger partial charge on any atom is 0.228 e. The van der Waals surface area contributed by atoms with Crippen LogP contribution in [0.5, 0.6) is 0 Å². The molecule has 1 aromatic heterocycles. The standard InChI is InChI=1S/C23H26N2O2/c1-16-12-21-18(15-27-22(21)13-17(16)2)14-23(26)24-19-6-8-20(9-7-19)25-10-4-3-5-11-25/h6-9,12-13,15H,3-5,10-11,14H2,1-2H3,(H,24,26). The molecule has 4 rings (SSSR count). The molecule has 1 N–H and O–H groups in total. The highest BCUT2D eigenvalue weighted by molar-refractivity contribution is 5.95. The van der Waals surface area contributed by atoms with Gasteiger partial charge in [0.1, 0.15) is 5.58 Å². The summed E-state index contributed by atoms with van der Waals surface area (Å²) < 4.78 is 5.63.